The van der Waals surface area contributed by atoms with Gasteiger partial charge in [0.15, 0.2) is 4.80 Å². The van der Waals surface area contributed by atoms with Crippen molar-refractivity contribution >= 4 is 57.3 Å². The van der Waals surface area contributed by atoms with Crippen LogP contribution in [0.2, 0.25) is 0 Å². The number of thiazole rings is 1. The molecule has 5 rings (SSSR count). The lowest BCUT2D eigenvalue weighted by Crippen LogP contribution is -2.40. The third-order valence-electron chi connectivity index (χ3n) is 6.59. The molecule has 0 aliphatic carbocycles. The number of fused-ring (bicyclic) bond motifs is 1. The van der Waals surface area contributed by atoms with Crippen LogP contribution in [0.25, 0.3) is 6.08 Å². The molecule has 0 spiro atoms. The Labute approximate surface area is 256 Å². The molecule has 4 aromatic rings. The van der Waals surface area contributed by atoms with E-state index in [1.165, 1.54) is 37.0 Å². The molecule has 2 heterocycles. The summed E-state index contributed by atoms with van der Waals surface area (Å²) < 4.78 is 12.9. The van der Waals surface area contributed by atoms with Gasteiger partial charge in [-0.05, 0) is 71.5 Å². The second kappa shape index (κ2) is 11.8. The Morgan fingerprint density at radius 3 is 2.57 bits per heavy atom. The number of nitro groups is 1. The number of anilines is 1. The van der Waals surface area contributed by atoms with Crippen molar-refractivity contribution in [3.63, 3.8) is 0 Å². The molecular weight excluding hydrogens is 675 g/mol. The summed E-state index contributed by atoms with van der Waals surface area (Å²) >= 11 is 2.88. The maximum Gasteiger partial charge on any atom is 0.312 e. The Morgan fingerprint density at radius 2 is 1.90 bits per heavy atom. The highest BCUT2D eigenvalue weighted by atomic mass is 127. The van der Waals surface area contributed by atoms with Crippen LogP contribution in [0.4, 0.5) is 11.4 Å². The van der Waals surface area contributed by atoms with E-state index in [1.807, 2.05) is 6.07 Å². The molecule has 1 aromatic heterocycles. The quantitative estimate of drug-likeness (QED) is 0.168. The predicted octanol–water partition coefficient (Wildman–Crippen LogP) is 4.11. The van der Waals surface area contributed by atoms with E-state index in [4.69, 9.17) is 9.47 Å². The van der Waals surface area contributed by atoms with E-state index in [2.05, 4.69) is 10.3 Å². The molecule has 0 unspecified atom stereocenters. The molecule has 1 aliphatic rings. The van der Waals surface area contributed by atoms with Gasteiger partial charge in [-0.3, -0.25) is 24.3 Å². The van der Waals surface area contributed by atoms with Crippen LogP contribution < -0.4 is 29.7 Å². The Hall–Kier alpha value is -4.50. The van der Waals surface area contributed by atoms with Gasteiger partial charge in [0.2, 0.25) is 5.75 Å². The normalized spacial score (nSPS) is 14.7. The number of nitro benzene ring substituents is 1. The Balaban J connectivity index is 1.73. The molecular formula is C29H23IN4O7S. The first-order valence-electron chi connectivity index (χ1n) is 12.4. The first-order chi connectivity index (χ1) is 20.1. The van der Waals surface area contributed by atoms with Gasteiger partial charge in [0.25, 0.3) is 11.5 Å². The van der Waals surface area contributed by atoms with Gasteiger partial charge in [0, 0.05) is 23.4 Å². The molecule has 42 heavy (non-hydrogen) atoms. The molecule has 0 fully saturated rings. The van der Waals surface area contributed by atoms with Crippen molar-refractivity contribution in [1.82, 2.24) is 4.57 Å². The third kappa shape index (κ3) is 5.39. The molecule has 214 valence electrons. The average Bonchev–Trinajstić information content (AvgIpc) is 3.27. The molecule has 3 aromatic carbocycles. The number of hydrogen-bond donors (Lipinski definition) is 2. The first kappa shape index (κ1) is 29.0. The lowest BCUT2D eigenvalue weighted by Gasteiger charge is -2.26. The summed E-state index contributed by atoms with van der Waals surface area (Å²) in [6, 6.07) is 15.9. The van der Waals surface area contributed by atoms with E-state index in [0.29, 0.717) is 38.8 Å². The number of carbonyl (C=O) groups excluding carboxylic acids is 1. The number of benzene rings is 3. The van der Waals surface area contributed by atoms with Crippen molar-refractivity contribution in [3.8, 4) is 17.2 Å². The number of nitrogens with one attached hydrogen (secondary N) is 1. The van der Waals surface area contributed by atoms with Crippen LogP contribution in [0.5, 0.6) is 17.2 Å². The van der Waals surface area contributed by atoms with Crippen LogP contribution in [0.15, 0.2) is 81.7 Å². The number of amides is 1. The standard InChI is InChI=1S/C29H23IN4O7S/c1-15-24(27(36)32-17-7-5-4-6-8-17)25(19-10-9-18(40-2)14-22(19)41-3)33-28(37)23(42-29(33)31-15)13-16-11-20(30)26(35)21(12-16)34(38)39/h4-14,25,35H,1-3H3,(H,32,36)/b23-13-/t25-/m1/s1. The largest absolute Gasteiger partial charge is 0.501 e. The van der Waals surface area contributed by atoms with E-state index >= 15 is 0 Å². The number of aromatic hydroxyl groups is 1. The molecule has 13 heteroatoms. The van der Waals surface area contributed by atoms with Crippen LogP contribution in [0.3, 0.4) is 0 Å². The topological polar surface area (TPSA) is 145 Å². The summed E-state index contributed by atoms with van der Waals surface area (Å²) in [6.45, 7) is 1.70. The Bertz CT molecular complexity index is 1950. The number of hydrogen-bond acceptors (Lipinski definition) is 9. The second-order valence-corrected chi connectivity index (χ2v) is 11.3. The average molecular weight is 698 g/mol. The van der Waals surface area contributed by atoms with Crippen LogP contribution in [-0.4, -0.2) is 34.7 Å². The van der Waals surface area contributed by atoms with Crippen molar-refractivity contribution in [1.29, 1.82) is 0 Å². The minimum Gasteiger partial charge on any atom is -0.501 e. The Kier molecular flexibility index (Phi) is 8.13. The van der Waals surface area contributed by atoms with E-state index in [1.54, 1.807) is 72.0 Å². The number of rotatable bonds is 7. The maximum absolute atomic E-state index is 14.0. The summed E-state index contributed by atoms with van der Waals surface area (Å²) in [5.41, 5.74) is 1.19. The number of phenolic OH excluding ortho intramolecular Hbond substituents is 1. The fourth-order valence-corrected chi connectivity index (χ4v) is 6.33. The number of ether oxygens (including phenoxy) is 2. The summed E-state index contributed by atoms with van der Waals surface area (Å²) in [6.07, 6.45) is 1.50. The van der Waals surface area contributed by atoms with Gasteiger partial charge in [-0.1, -0.05) is 29.5 Å². The SMILES string of the molecule is COc1ccc([C@@H]2C(C(=O)Nc3ccccc3)=C(C)N=c3s/c(=C\c4cc(I)c(O)c([N+](=O)[O-])c4)c(=O)n32)c(OC)c1. The first-order valence-corrected chi connectivity index (χ1v) is 14.3. The van der Waals surface area contributed by atoms with Crippen LogP contribution in [0.1, 0.15) is 24.1 Å². The number of para-hydroxylation sites is 1. The predicted molar refractivity (Wildman–Crippen MR) is 166 cm³/mol. The van der Waals surface area contributed by atoms with Gasteiger partial charge in [-0.25, -0.2) is 4.99 Å². The molecule has 1 amide bonds. The van der Waals surface area contributed by atoms with Crippen LogP contribution in [0, 0.1) is 13.7 Å². The van der Waals surface area contributed by atoms with Crippen LogP contribution >= 0.6 is 33.9 Å². The highest BCUT2D eigenvalue weighted by Crippen LogP contribution is 2.38. The van der Waals surface area contributed by atoms with Crippen molar-refractivity contribution in [2.45, 2.75) is 13.0 Å². The number of carbonyl (C=O) groups is 1. The van der Waals surface area contributed by atoms with Crippen molar-refractivity contribution in [2.75, 3.05) is 19.5 Å². The highest BCUT2D eigenvalue weighted by molar-refractivity contribution is 14.1. The lowest BCUT2D eigenvalue weighted by atomic mass is 9.94. The molecule has 1 aliphatic heterocycles. The fraction of sp³-hybridized carbons (Fsp3) is 0.138. The summed E-state index contributed by atoms with van der Waals surface area (Å²) in [5, 5.41) is 24.5. The molecule has 2 N–H and O–H groups in total. The molecule has 11 nitrogen and oxygen atoms in total. The summed E-state index contributed by atoms with van der Waals surface area (Å²) in [5.74, 6) is 0.0405. The molecule has 0 radical (unpaired) electrons. The Morgan fingerprint density at radius 1 is 1.17 bits per heavy atom. The highest BCUT2D eigenvalue weighted by Gasteiger charge is 2.34. The molecule has 0 bridgehead atoms. The van der Waals surface area contributed by atoms with Gasteiger partial charge >= 0.3 is 5.69 Å². The van der Waals surface area contributed by atoms with Gasteiger partial charge in [0.1, 0.15) is 17.5 Å². The van der Waals surface area contributed by atoms with Crippen molar-refractivity contribution in [2.24, 2.45) is 4.99 Å². The second-order valence-electron chi connectivity index (χ2n) is 9.14. The third-order valence-corrected chi connectivity index (χ3v) is 8.40. The van der Waals surface area contributed by atoms with Crippen molar-refractivity contribution in [3.05, 3.63) is 116 Å². The van der Waals surface area contributed by atoms with Gasteiger partial charge in [-0.2, -0.15) is 0 Å². The number of phenols is 1. The number of allylic oxidation sites excluding steroid dienone is 1. The fourth-order valence-electron chi connectivity index (χ4n) is 4.65. The van der Waals surface area contributed by atoms with E-state index in [0.717, 1.165) is 11.3 Å². The zero-order valence-corrected chi connectivity index (χ0v) is 25.4. The summed E-state index contributed by atoms with van der Waals surface area (Å²) in [4.78, 5) is 43.5. The number of nitrogens with zero attached hydrogens (tertiary/aromatic N) is 3. The monoisotopic (exact) mass is 698 g/mol. The summed E-state index contributed by atoms with van der Waals surface area (Å²) in [7, 11) is 3.01. The van der Waals surface area contributed by atoms with Gasteiger partial charge < -0.3 is 19.9 Å². The van der Waals surface area contributed by atoms with Gasteiger partial charge in [0.05, 0.1) is 38.5 Å². The van der Waals surface area contributed by atoms with E-state index < -0.39 is 33.9 Å². The molecule has 1 atom stereocenters. The lowest BCUT2D eigenvalue weighted by molar-refractivity contribution is -0.386. The zero-order valence-electron chi connectivity index (χ0n) is 22.5. The number of halogens is 1. The van der Waals surface area contributed by atoms with Crippen LogP contribution in [-0.2, 0) is 4.79 Å². The number of methoxy groups -OCH3 is 2. The van der Waals surface area contributed by atoms with Gasteiger partial charge in [-0.15, -0.1) is 0 Å². The smallest absolute Gasteiger partial charge is 0.312 e. The minimum atomic E-state index is -0.915. The molecule has 0 saturated carbocycles. The van der Waals surface area contributed by atoms with Crippen molar-refractivity contribution < 1.29 is 24.3 Å². The van der Waals surface area contributed by atoms with E-state index in [9.17, 15) is 24.8 Å². The molecule has 0 saturated heterocycles. The number of aromatic nitrogens is 1. The minimum absolute atomic E-state index is 0.236. The zero-order chi connectivity index (χ0) is 30.1. The maximum atomic E-state index is 14.0. The van der Waals surface area contributed by atoms with E-state index in [-0.39, 0.29) is 13.7 Å².